The highest BCUT2D eigenvalue weighted by atomic mass is 19.4. The standard InChI is InChI=1S/C23H16F4N4O3/c1-29-21(33)31-20(15-6-5-12(11-28)9-16(15)24)19-17(7-8-18(19)32)30(22(31)34)14-4-2-3-13(10-14)23(25,26)27/h2-6,9-10,20H,7-8H2,1H3,(H,29,33)/t20-/m1/s1. The number of carbonyl (C=O) groups is 3. The molecule has 34 heavy (non-hydrogen) atoms. The van der Waals surface area contributed by atoms with Gasteiger partial charge in [0.1, 0.15) is 11.9 Å². The molecule has 1 atom stereocenters. The summed E-state index contributed by atoms with van der Waals surface area (Å²) in [6, 6.07) is 5.65. The summed E-state index contributed by atoms with van der Waals surface area (Å²) < 4.78 is 54.9. The van der Waals surface area contributed by atoms with Crippen molar-refractivity contribution < 1.29 is 31.9 Å². The second-order valence-corrected chi connectivity index (χ2v) is 7.63. The molecule has 0 aromatic heterocycles. The second-order valence-electron chi connectivity index (χ2n) is 7.63. The summed E-state index contributed by atoms with van der Waals surface area (Å²) in [5, 5.41) is 11.3. The van der Waals surface area contributed by atoms with Gasteiger partial charge in [-0.05, 0) is 36.8 Å². The first kappa shape index (κ1) is 23.0. The van der Waals surface area contributed by atoms with Crippen LogP contribution in [0.1, 0.15) is 35.6 Å². The summed E-state index contributed by atoms with van der Waals surface area (Å²) in [6.45, 7) is 0. The zero-order chi connectivity index (χ0) is 24.8. The average Bonchev–Trinajstić information content (AvgIpc) is 3.18. The number of imide groups is 1. The average molecular weight is 472 g/mol. The van der Waals surface area contributed by atoms with E-state index in [0.717, 1.165) is 29.2 Å². The Balaban J connectivity index is 1.96. The third-order valence-electron chi connectivity index (χ3n) is 5.69. The molecule has 2 aliphatic rings. The number of nitrogens with zero attached hydrogens (tertiary/aromatic N) is 3. The Kier molecular flexibility index (Phi) is 5.61. The molecule has 1 N–H and O–H groups in total. The molecule has 2 aromatic rings. The molecule has 1 heterocycles. The van der Waals surface area contributed by atoms with E-state index < -0.39 is 41.4 Å². The number of carbonyl (C=O) groups excluding carboxylic acids is 3. The Labute approximate surface area is 190 Å². The molecule has 0 spiro atoms. The maximum absolute atomic E-state index is 15.0. The summed E-state index contributed by atoms with van der Waals surface area (Å²) in [5.74, 6) is -1.38. The van der Waals surface area contributed by atoms with Crippen LogP contribution in [0.2, 0.25) is 0 Å². The van der Waals surface area contributed by atoms with Gasteiger partial charge in [0.25, 0.3) is 0 Å². The van der Waals surface area contributed by atoms with Crippen LogP contribution >= 0.6 is 0 Å². The van der Waals surface area contributed by atoms with Crippen LogP contribution in [0, 0.1) is 17.1 Å². The zero-order valence-corrected chi connectivity index (χ0v) is 17.6. The molecule has 0 unspecified atom stereocenters. The summed E-state index contributed by atoms with van der Waals surface area (Å²) in [6.07, 6.45) is -4.73. The van der Waals surface area contributed by atoms with E-state index in [2.05, 4.69) is 5.32 Å². The maximum atomic E-state index is 15.0. The van der Waals surface area contributed by atoms with Gasteiger partial charge in [0.15, 0.2) is 5.78 Å². The topological polar surface area (TPSA) is 93.5 Å². The lowest BCUT2D eigenvalue weighted by atomic mass is 9.92. The largest absolute Gasteiger partial charge is 0.416 e. The Hall–Kier alpha value is -4.20. The summed E-state index contributed by atoms with van der Waals surface area (Å²) in [4.78, 5) is 40.7. The number of alkyl halides is 3. The molecule has 7 nitrogen and oxygen atoms in total. The smallest absolute Gasteiger partial charge is 0.341 e. The molecular formula is C23H16F4N4O3. The highest BCUT2D eigenvalue weighted by Crippen LogP contribution is 2.46. The molecular weight excluding hydrogens is 456 g/mol. The van der Waals surface area contributed by atoms with E-state index in [0.29, 0.717) is 4.90 Å². The van der Waals surface area contributed by atoms with Crippen molar-refractivity contribution in [3.05, 3.63) is 76.2 Å². The van der Waals surface area contributed by atoms with E-state index in [1.807, 2.05) is 0 Å². The molecule has 4 amide bonds. The first-order valence-electron chi connectivity index (χ1n) is 10.1. The number of hydrogen-bond donors (Lipinski definition) is 1. The number of allylic oxidation sites excluding steroid dienone is 1. The lowest BCUT2D eigenvalue weighted by Gasteiger charge is -2.40. The minimum absolute atomic E-state index is 0.00702. The van der Waals surface area contributed by atoms with Crippen molar-refractivity contribution in [3.8, 4) is 6.07 Å². The molecule has 4 rings (SSSR count). The van der Waals surface area contributed by atoms with E-state index in [4.69, 9.17) is 5.26 Å². The van der Waals surface area contributed by atoms with Crippen LogP contribution in [0.3, 0.4) is 0 Å². The number of Topliss-reactive ketones (excluding diaryl/α,β-unsaturated/α-hetero) is 1. The zero-order valence-electron chi connectivity index (χ0n) is 17.6. The van der Waals surface area contributed by atoms with Crippen molar-refractivity contribution in [3.63, 3.8) is 0 Å². The Bertz CT molecular complexity index is 1300. The van der Waals surface area contributed by atoms with Crippen molar-refractivity contribution in [2.75, 3.05) is 11.9 Å². The second kappa shape index (κ2) is 8.30. The quantitative estimate of drug-likeness (QED) is 0.644. The molecule has 0 saturated heterocycles. The highest BCUT2D eigenvalue weighted by Gasteiger charge is 2.49. The summed E-state index contributed by atoms with van der Waals surface area (Å²) >= 11 is 0. The van der Waals surface area contributed by atoms with Crippen LogP contribution < -0.4 is 10.2 Å². The number of ketones is 1. The van der Waals surface area contributed by atoms with Crippen LogP contribution in [0.25, 0.3) is 0 Å². The predicted octanol–water partition coefficient (Wildman–Crippen LogP) is 4.66. The third kappa shape index (κ3) is 3.67. The normalized spacial score (nSPS) is 18.2. The highest BCUT2D eigenvalue weighted by molar-refractivity contribution is 6.12. The SMILES string of the molecule is CNC(=O)N1C(=O)N(c2cccc(C(F)(F)F)c2)C2=C(C(=O)CC2)[C@H]1c1ccc(C#N)cc1F. The number of urea groups is 2. The van der Waals surface area contributed by atoms with Gasteiger partial charge in [-0.3, -0.25) is 9.69 Å². The van der Waals surface area contributed by atoms with E-state index in [1.54, 1.807) is 6.07 Å². The molecule has 0 bridgehead atoms. The third-order valence-corrected chi connectivity index (χ3v) is 5.69. The number of nitrogens with one attached hydrogen (secondary N) is 1. The van der Waals surface area contributed by atoms with Gasteiger partial charge in [0.05, 0.1) is 22.9 Å². The molecule has 174 valence electrons. The molecule has 1 aliphatic carbocycles. The van der Waals surface area contributed by atoms with Crippen molar-refractivity contribution in [1.82, 2.24) is 10.2 Å². The molecule has 0 saturated carbocycles. The van der Waals surface area contributed by atoms with Crippen molar-refractivity contribution in [1.29, 1.82) is 5.26 Å². The molecule has 0 radical (unpaired) electrons. The van der Waals surface area contributed by atoms with E-state index >= 15 is 0 Å². The van der Waals surface area contributed by atoms with Crippen LogP contribution in [0.5, 0.6) is 0 Å². The fourth-order valence-electron chi connectivity index (χ4n) is 4.19. The first-order chi connectivity index (χ1) is 16.1. The van der Waals surface area contributed by atoms with Crippen molar-refractivity contribution >= 4 is 23.5 Å². The van der Waals surface area contributed by atoms with Crippen LogP contribution in [-0.2, 0) is 11.0 Å². The number of amides is 4. The maximum Gasteiger partial charge on any atom is 0.416 e. The van der Waals surface area contributed by atoms with Crippen molar-refractivity contribution in [2.45, 2.75) is 25.1 Å². The van der Waals surface area contributed by atoms with Gasteiger partial charge in [-0.25, -0.2) is 18.9 Å². The number of rotatable bonds is 2. The van der Waals surface area contributed by atoms with Crippen LogP contribution in [-0.4, -0.2) is 29.8 Å². The number of benzene rings is 2. The number of hydrogen-bond acceptors (Lipinski definition) is 4. The van der Waals surface area contributed by atoms with Gasteiger partial charge in [-0.15, -0.1) is 0 Å². The fourth-order valence-corrected chi connectivity index (χ4v) is 4.19. The molecule has 1 aliphatic heterocycles. The van der Waals surface area contributed by atoms with Crippen LogP contribution in [0.15, 0.2) is 53.7 Å². The van der Waals surface area contributed by atoms with Crippen LogP contribution in [0.4, 0.5) is 32.8 Å². The predicted molar refractivity (Wildman–Crippen MR) is 111 cm³/mol. The number of halogens is 4. The van der Waals surface area contributed by atoms with Gasteiger partial charge in [0, 0.05) is 30.3 Å². The van der Waals surface area contributed by atoms with E-state index in [-0.39, 0.29) is 40.9 Å². The van der Waals surface area contributed by atoms with Crippen molar-refractivity contribution in [2.24, 2.45) is 0 Å². The number of nitriles is 1. The monoisotopic (exact) mass is 472 g/mol. The van der Waals surface area contributed by atoms with Gasteiger partial charge < -0.3 is 5.32 Å². The fraction of sp³-hybridized carbons (Fsp3) is 0.217. The summed E-state index contributed by atoms with van der Waals surface area (Å²) in [5.41, 5.74) is -1.37. The Morgan fingerprint density at radius 3 is 2.50 bits per heavy atom. The summed E-state index contributed by atoms with van der Waals surface area (Å²) in [7, 11) is 1.22. The molecule has 2 aromatic carbocycles. The Morgan fingerprint density at radius 1 is 1.15 bits per heavy atom. The number of anilines is 1. The molecule has 0 fully saturated rings. The first-order valence-corrected chi connectivity index (χ1v) is 10.1. The van der Waals surface area contributed by atoms with Gasteiger partial charge in [-0.1, -0.05) is 12.1 Å². The van der Waals surface area contributed by atoms with E-state index in [1.165, 1.54) is 25.2 Å². The minimum Gasteiger partial charge on any atom is -0.341 e. The molecule has 11 heteroatoms. The van der Waals surface area contributed by atoms with Gasteiger partial charge >= 0.3 is 18.2 Å². The van der Waals surface area contributed by atoms with E-state index in [9.17, 15) is 31.9 Å². The lowest BCUT2D eigenvalue weighted by Crippen LogP contribution is -2.55. The van der Waals surface area contributed by atoms with Gasteiger partial charge in [0.2, 0.25) is 0 Å². The minimum atomic E-state index is -4.69. The lowest BCUT2D eigenvalue weighted by molar-refractivity contribution is -0.137. The Morgan fingerprint density at radius 2 is 1.88 bits per heavy atom. The van der Waals surface area contributed by atoms with Gasteiger partial charge in [-0.2, -0.15) is 18.4 Å².